The first-order valence-corrected chi connectivity index (χ1v) is 4.74. The zero-order chi connectivity index (χ0) is 11.6. The molecule has 1 rings (SSSR count). The molecule has 1 nitrogen and oxygen atoms in total. The van der Waals surface area contributed by atoms with Crippen LogP contribution in [-0.4, -0.2) is 6.04 Å². The van der Waals surface area contributed by atoms with Crippen LogP contribution < -0.4 is 5.73 Å². The fraction of sp³-hybridized carbons (Fsp3) is 0.455. The first-order valence-electron chi connectivity index (χ1n) is 4.74. The van der Waals surface area contributed by atoms with E-state index in [1.807, 2.05) is 0 Å². The molecular formula is C11H14F3N. The van der Waals surface area contributed by atoms with Gasteiger partial charge >= 0.3 is 0 Å². The summed E-state index contributed by atoms with van der Waals surface area (Å²) in [5.74, 6) is -0.847. The third-order valence-corrected chi connectivity index (χ3v) is 2.17. The Labute approximate surface area is 87.1 Å². The van der Waals surface area contributed by atoms with Crippen molar-refractivity contribution in [2.75, 3.05) is 0 Å². The molecular weight excluding hydrogens is 203 g/mol. The highest BCUT2D eigenvalue weighted by atomic mass is 19.3. The van der Waals surface area contributed by atoms with Gasteiger partial charge in [0.15, 0.2) is 0 Å². The van der Waals surface area contributed by atoms with Gasteiger partial charge in [-0.25, -0.2) is 13.2 Å². The minimum absolute atomic E-state index is 0.110. The van der Waals surface area contributed by atoms with E-state index in [1.165, 1.54) is 6.92 Å². The number of rotatable bonds is 3. The molecule has 15 heavy (non-hydrogen) atoms. The maximum Gasteiger partial charge on any atom is 0.266 e. The van der Waals surface area contributed by atoms with Gasteiger partial charge < -0.3 is 5.73 Å². The van der Waals surface area contributed by atoms with E-state index in [0.29, 0.717) is 12.0 Å². The molecule has 84 valence electrons. The predicted octanol–water partition coefficient (Wildman–Crippen LogP) is 2.96. The molecule has 0 bridgehead atoms. The molecule has 0 amide bonds. The van der Waals surface area contributed by atoms with Crippen LogP contribution in [0, 0.1) is 12.7 Å². The van der Waals surface area contributed by atoms with Crippen LogP contribution in [0.15, 0.2) is 12.1 Å². The van der Waals surface area contributed by atoms with Crippen LogP contribution in [0.5, 0.6) is 0 Å². The lowest BCUT2D eigenvalue weighted by Crippen LogP contribution is -2.18. The van der Waals surface area contributed by atoms with Crippen molar-refractivity contribution in [3.05, 3.63) is 34.6 Å². The maximum atomic E-state index is 13.3. The molecule has 0 saturated carbocycles. The summed E-state index contributed by atoms with van der Waals surface area (Å²) in [7, 11) is 0. The lowest BCUT2D eigenvalue weighted by molar-refractivity contribution is 0.145. The quantitative estimate of drug-likeness (QED) is 0.827. The van der Waals surface area contributed by atoms with Crippen LogP contribution in [0.3, 0.4) is 0 Å². The topological polar surface area (TPSA) is 26.0 Å². The van der Waals surface area contributed by atoms with Crippen molar-refractivity contribution in [1.29, 1.82) is 0 Å². The fourth-order valence-corrected chi connectivity index (χ4v) is 1.59. The van der Waals surface area contributed by atoms with Gasteiger partial charge in [0.2, 0.25) is 0 Å². The Morgan fingerprint density at radius 3 is 2.33 bits per heavy atom. The average molecular weight is 217 g/mol. The zero-order valence-electron chi connectivity index (χ0n) is 8.73. The van der Waals surface area contributed by atoms with E-state index in [0.717, 1.165) is 6.07 Å². The molecule has 0 saturated heterocycles. The van der Waals surface area contributed by atoms with E-state index in [1.54, 1.807) is 13.0 Å². The Morgan fingerprint density at radius 1 is 1.33 bits per heavy atom. The first kappa shape index (κ1) is 12.0. The molecule has 0 aromatic heterocycles. The molecule has 1 atom stereocenters. The van der Waals surface area contributed by atoms with Crippen molar-refractivity contribution < 1.29 is 13.2 Å². The second-order valence-electron chi connectivity index (χ2n) is 3.79. The summed E-state index contributed by atoms with van der Waals surface area (Å²) in [6.45, 7) is 3.27. The number of alkyl halides is 2. The van der Waals surface area contributed by atoms with Crippen LogP contribution in [0.1, 0.15) is 30.0 Å². The number of aryl methyl sites for hydroxylation is 1. The largest absolute Gasteiger partial charge is 0.328 e. The van der Waals surface area contributed by atoms with Crippen LogP contribution in [0.25, 0.3) is 0 Å². The molecule has 0 aliphatic rings. The van der Waals surface area contributed by atoms with Gasteiger partial charge in [-0.2, -0.15) is 0 Å². The summed E-state index contributed by atoms with van der Waals surface area (Å²) in [6.07, 6.45) is -2.28. The van der Waals surface area contributed by atoms with Gasteiger partial charge in [0.05, 0.1) is 5.56 Å². The smallest absolute Gasteiger partial charge is 0.266 e. The van der Waals surface area contributed by atoms with Gasteiger partial charge in [-0.1, -0.05) is 6.07 Å². The molecule has 4 heteroatoms. The van der Waals surface area contributed by atoms with Crippen LogP contribution >= 0.6 is 0 Å². The van der Waals surface area contributed by atoms with E-state index in [4.69, 9.17) is 5.73 Å². The van der Waals surface area contributed by atoms with Crippen molar-refractivity contribution in [2.45, 2.75) is 32.7 Å². The van der Waals surface area contributed by atoms with Gasteiger partial charge in [-0.15, -0.1) is 0 Å². The van der Waals surface area contributed by atoms with E-state index in [-0.39, 0.29) is 11.6 Å². The SMILES string of the molecule is Cc1cc(CC(C)N)cc(F)c1C(F)F. The van der Waals surface area contributed by atoms with Gasteiger partial charge in [0.1, 0.15) is 5.82 Å². The van der Waals surface area contributed by atoms with Crippen molar-refractivity contribution in [3.8, 4) is 0 Å². The van der Waals surface area contributed by atoms with Crippen molar-refractivity contribution >= 4 is 0 Å². The number of halogens is 3. The normalized spacial score (nSPS) is 13.3. The van der Waals surface area contributed by atoms with Gasteiger partial charge in [-0.3, -0.25) is 0 Å². The summed E-state index contributed by atoms with van der Waals surface area (Å²) < 4.78 is 38.1. The second-order valence-corrected chi connectivity index (χ2v) is 3.79. The number of benzene rings is 1. The monoisotopic (exact) mass is 217 g/mol. The molecule has 0 heterocycles. The van der Waals surface area contributed by atoms with Crippen molar-refractivity contribution in [2.24, 2.45) is 5.73 Å². The lowest BCUT2D eigenvalue weighted by Gasteiger charge is -2.11. The van der Waals surface area contributed by atoms with E-state index in [9.17, 15) is 13.2 Å². The fourth-order valence-electron chi connectivity index (χ4n) is 1.59. The van der Waals surface area contributed by atoms with E-state index >= 15 is 0 Å². The molecule has 2 N–H and O–H groups in total. The molecule has 1 aromatic carbocycles. The molecule has 0 spiro atoms. The highest BCUT2D eigenvalue weighted by Gasteiger charge is 2.17. The van der Waals surface area contributed by atoms with E-state index < -0.39 is 17.8 Å². The minimum atomic E-state index is -2.77. The maximum absolute atomic E-state index is 13.3. The second kappa shape index (κ2) is 4.66. The number of nitrogens with two attached hydrogens (primary N) is 1. The molecule has 0 aliphatic heterocycles. The number of hydrogen-bond acceptors (Lipinski definition) is 1. The summed E-state index contributed by atoms with van der Waals surface area (Å²) in [5, 5.41) is 0. The highest BCUT2D eigenvalue weighted by Crippen LogP contribution is 2.26. The summed E-state index contributed by atoms with van der Waals surface area (Å²) in [5.41, 5.74) is 5.98. The Balaban J connectivity index is 3.08. The van der Waals surface area contributed by atoms with Gasteiger partial charge in [0, 0.05) is 6.04 Å². The third-order valence-electron chi connectivity index (χ3n) is 2.17. The predicted molar refractivity (Wildman–Crippen MR) is 53.4 cm³/mol. The lowest BCUT2D eigenvalue weighted by atomic mass is 10.0. The Bertz CT molecular complexity index is 325. The van der Waals surface area contributed by atoms with Crippen molar-refractivity contribution in [1.82, 2.24) is 0 Å². The Kier molecular flexibility index (Phi) is 3.74. The van der Waals surface area contributed by atoms with E-state index in [2.05, 4.69) is 0 Å². The van der Waals surface area contributed by atoms with Crippen molar-refractivity contribution in [3.63, 3.8) is 0 Å². The summed E-state index contributed by atoms with van der Waals surface area (Å²) in [6, 6.07) is 2.59. The summed E-state index contributed by atoms with van der Waals surface area (Å²) >= 11 is 0. The highest BCUT2D eigenvalue weighted by molar-refractivity contribution is 5.33. The third kappa shape index (κ3) is 2.96. The molecule has 0 aliphatic carbocycles. The van der Waals surface area contributed by atoms with Crippen LogP contribution in [-0.2, 0) is 6.42 Å². The Hall–Kier alpha value is -1.03. The summed E-state index contributed by atoms with van der Waals surface area (Å²) in [4.78, 5) is 0. The average Bonchev–Trinajstić information content (AvgIpc) is 1.99. The first-order chi connectivity index (χ1) is 6.91. The standard InChI is InChI=1S/C11H14F3N/c1-6-3-8(4-7(2)15)5-9(12)10(6)11(13)14/h3,5,7,11H,4,15H2,1-2H3. The molecule has 1 aromatic rings. The van der Waals surface area contributed by atoms with Crippen LogP contribution in [0.4, 0.5) is 13.2 Å². The van der Waals surface area contributed by atoms with Gasteiger partial charge in [0.25, 0.3) is 6.43 Å². The molecule has 0 radical (unpaired) electrons. The Morgan fingerprint density at radius 2 is 1.93 bits per heavy atom. The zero-order valence-corrected chi connectivity index (χ0v) is 8.73. The number of hydrogen-bond donors (Lipinski definition) is 1. The van der Waals surface area contributed by atoms with Crippen LogP contribution in [0.2, 0.25) is 0 Å². The molecule has 1 unspecified atom stereocenters. The minimum Gasteiger partial charge on any atom is -0.328 e. The molecule has 0 fully saturated rings. The van der Waals surface area contributed by atoms with Gasteiger partial charge in [-0.05, 0) is 37.5 Å².